The van der Waals surface area contributed by atoms with E-state index in [2.05, 4.69) is 0 Å². The predicted molar refractivity (Wildman–Crippen MR) is 56.2 cm³/mol. The van der Waals surface area contributed by atoms with E-state index < -0.39 is 34.5 Å². The first kappa shape index (κ1) is 13.2. The van der Waals surface area contributed by atoms with Crippen LogP contribution >= 0.6 is 0 Å². The van der Waals surface area contributed by atoms with Crippen LogP contribution < -0.4 is 0 Å². The van der Waals surface area contributed by atoms with Crippen LogP contribution in [0.4, 0.5) is 8.78 Å². The molecule has 0 fully saturated rings. The Labute approximate surface area is 96.5 Å². The molecule has 0 bridgehead atoms. The van der Waals surface area contributed by atoms with E-state index in [1.54, 1.807) is 14.1 Å². The summed E-state index contributed by atoms with van der Waals surface area (Å²) in [5.41, 5.74) is -1.64. The topological polar surface area (TPSA) is 57.6 Å². The number of hydrogen-bond acceptors (Lipinski definition) is 3. The van der Waals surface area contributed by atoms with Crippen LogP contribution in [0.25, 0.3) is 0 Å². The van der Waals surface area contributed by atoms with Gasteiger partial charge < -0.3 is 10.0 Å². The van der Waals surface area contributed by atoms with Gasteiger partial charge in [0.1, 0.15) is 17.2 Å². The summed E-state index contributed by atoms with van der Waals surface area (Å²) in [4.78, 5) is 23.9. The summed E-state index contributed by atoms with van der Waals surface area (Å²) in [5, 5.41) is 8.78. The van der Waals surface area contributed by atoms with Crippen molar-refractivity contribution in [1.29, 1.82) is 0 Å². The van der Waals surface area contributed by atoms with Crippen LogP contribution in [0, 0.1) is 11.6 Å². The van der Waals surface area contributed by atoms with Crippen molar-refractivity contribution >= 4 is 11.8 Å². The van der Waals surface area contributed by atoms with Gasteiger partial charge in [0, 0.05) is 0 Å². The fraction of sp³-hybridized carbons (Fsp3) is 0.273. The number of carbonyl (C=O) groups excluding carboxylic acids is 1. The summed E-state index contributed by atoms with van der Waals surface area (Å²) in [6, 6.07) is 1.43. The van der Waals surface area contributed by atoms with Gasteiger partial charge in [-0.25, -0.2) is 13.6 Å². The van der Waals surface area contributed by atoms with Gasteiger partial charge >= 0.3 is 5.97 Å². The minimum Gasteiger partial charge on any atom is -0.478 e. The Morgan fingerprint density at radius 2 is 1.65 bits per heavy atom. The second-order valence-corrected chi connectivity index (χ2v) is 3.75. The molecule has 92 valence electrons. The van der Waals surface area contributed by atoms with Crippen LogP contribution in [0.1, 0.15) is 20.7 Å². The van der Waals surface area contributed by atoms with Crippen molar-refractivity contribution in [2.24, 2.45) is 0 Å². The highest BCUT2D eigenvalue weighted by molar-refractivity contribution is 6.07. The van der Waals surface area contributed by atoms with Gasteiger partial charge in [-0.3, -0.25) is 4.79 Å². The van der Waals surface area contributed by atoms with Crippen molar-refractivity contribution in [2.75, 3.05) is 20.6 Å². The molecule has 0 spiro atoms. The summed E-state index contributed by atoms with van der Waals surface area (Å²) in [5.74, 6) is -4.59. The molecule has 1 aromatic rings. The largest absolute Gasteiger partial charge is 0.478 e. The number of nitrogens with zero attached hydrogens (tertiary/aromatic N) is 1. The number of halogens is 2. The van der Waals surface area contributed by atoms with Crippen LogP contribution in [0.15, 0.2) is 12.1 Å². The molecule has 0 radical (unpaired) electrons. The van der Waals surface area contributed by atoms with Crippen molar-refractivity contribution in [3.05, 3.63) is 34.9 Å². The lowest BCUT2D eigenvalue weighted by atomic mass is 10.0. The Kier molecular flexibility index (Phi) is 3.90. The fourth-order valence-corrected chi connectivity index (χ4v) is 1.40. The smallest absolute Gasteiger partial charge is 0.339 e. The SMILES string of the molecule is CN(C)CC(=O)c1c(F)ccc(F)c1C(=O)O. The molecule has 1 aromatic carbocycles. The molecular weight excluding hydrogens is 232 g/mol. The molecule has 0 saturated heterocycles. The van der Waals surface area contributed by atoms with E-state index in [1.165, 1.54) is 4.90 Å². The van der Waals surface area contributed by atoms with Crippen LogP contribution in [-0.4, -0.2) is 42.4 Å². The number of Topliss-reactive ketones (excluding diaryl/α,β-unsaturated/α-hetero) is 1. The molecule has 0 aliphatic carbocycles. The number of rotatable bonds is 4. The molecule has 0 amide bonds. The Balaban J connectivity index is 3.35. The van der Waals surface area contributed by atoms with Gasteiger partial charge in [-0.05, 0) is 26.2 Å². The highest BCUT2D eigenvalue weighted by Crippen LogP contribution is 2.18. The van der Waals surface area contributed by atoms with E-state index in [9.17, 15) is 18.4 Å². The summed E-state index contributed by atoms with van der Waals surface area (Å²) >= 11 is 0. The molecule has 0 aliphatic rings. The summed E-state index contributed by atoms with van der Waals surface area (Å²) < 4.78 is 26.7. The Bertz CT molecular complexity index is 472. The molecule has 17 heavy (non-hydrogen) atoms. The maximum atomic E-state index is 13.4. The predicted octanol–water partition coefficient (Wildman–Crippen LogP) is 1.41. The van der Waals surface area contributed by atoms with Crippen LogP contribution in [0.3, 0.4) is 0 Å². The number of hydrogen-bond donors (Lipinski definition) is 1. The number of carbonyl (C=O) groups is 2. The van der Waals surface area contributed by atoms with E-state index >= 15 is 0 Å². The minimum atomic E-state index is -1.66. The van der Waals surface area contributed by atoms with E-state index in [0.29, 0.717) is 6.07 Å². The average Bonchev–Trinajstić information content (AvgIpc) is 2.19. The molecule has 6 heteroatoms. The van der Waals surface area contributed by atoms with Gasteiger partial charge in [-0.2, -0.15) is 0 Å². The molecule has 4 nitrogen and oxygen atoms in total. The molecule has 0 aliphatic heterocycles. The van der Waals surface area contributed by atoms with Gasteiger partial charge in [-0.15, -0.1) is 0 Å². The van der Waals surface area contributed by atoms with Gasteiger partial charge in [0.05, 0.1) is 12.1 Å². The van der Waals surface area contributed by atoms with Crippen LogP contribution in [0.2, 0.25) is 0 Å². The number of likely N-dealkylation sites (N-methyl/N-ethyl adjacent to an activating group) is 1. The zero-order valence-corrected chi connectivity index (χ0v) is 9.33. The molecule has 1 N–H and O–H groups in total. The van der Waals surface area contributed by atoms with E-state index in [-0.39, 0.29) is 6.54 Å². The molecule has 0 atom stereocenters. The molecule has 1 rings (SSSR count). The van der Waals surface area contributed by atoms with Gasteiger partial charge in [-0.1, -0.05) is 0 Å². The lowest BCUT2D eigenvalue weighted by Gasteiger charge is -2.11. The quantitative estimate of drug-likeness (QED) is 0.812. The Hall–Kier alpha value is -1.82. The van der Waals surface area contributed by atoms with Gasteiger partial charge in [0.15, 0.2) is 5.78 Å². The van der Waals surface area contributed by atoms with Crippen molar-refractivity contribution in [2.45, 2.75) is 0 Å². The minimum absolute atomic E-state index is 0.194. The maximum Gasteiger partial charge on any atom is 0.339 e. The van der Waals surface area contributed by atoms with E-state index in [0.717, 1.165) is 6.07 Å². The fourth-order valence-electron chi connectivity index (χ4n) is 1.40. The van der Waals surface area contributed by atoms with Crippen LogP contribution in [0.5, 0.6) is 0 Å². The molecule has 0 saturated carbocycles. The number of carboxylic acid groups (broad SMARTS) is 1. The second kappa shape index (κ2) is 5.01. The lowest BCUT2D eigenvalue weighted by Crippen LogP contribution is -2.25. The third-order valence-electron chi connectivity index (χ3n) is 2.06. The van der Waals surface area contributed by atoms with Crippen molar-refractivity contribution in [3.8, 4) is 0 Å². The number of aromatic carboxylic acids is 1. The number of benzene rings is 1. The summed E-state index contributed by atoms with van der Waals surface area (Å²) in [6.45, 7) is -0.194. The Morgan fingerprint density at radius 1 is 1.18 bits per heavy atom. The highest BCUT2D eigenvalue weighted by Gasteiger charge is 2.25. The number of ketones is 1. The first-order chi connectivity index (χ1) is 7.84. The zero-order valence-electron chi connectivity index (χ0n) is 9.33. The summed E-state index contributed by atoms with van der Waals surface area (Å²) in [6.07, 6.45) is 0. The first-order valence-electron chi connectivity index (χ1n) is 4.73. The normalized spacial score (nSPS) is 10.6. The highest BCUT2D eigenvalue weighted by atomic mass is 19.1. The maximum absolute atomic E-state index is 13.4. The monoisotopic (exact) mass is 243 g/mol. The third kappa shape index (κ3) is 2.85. The number of carboxylic acids is 1. The van der Waals surface area contributed by atoms with Gasteiger partial charge in [0.25, 0.3) is 0 Å². The first-order valence-corrected chi connectivity index (χ1v) is 4.73. The molecule has 0 heterocycles. The van der Waals surface area contributed by atoms with Crippen molar-refractivity contribution in [3.63, 3.8) is 0 Å². The average molecular weight is 243 g/mol. The molecule has 0 unspecified atom stereocenters. The van der Waals surface area contributed by atoms with Crippen molar-refractivity contribution in [1.82, 2.24) is 4.90 Å². The lowest BCUT2D eigenvalue weighted by molar-refractivity contribution is 0.0684. The molecular formula is C11H11F2NO3. The Morgan fingerprint density at radius 3 is 2.06 bits per heavy atom. The van der Waals surface area contributed by atoms with Crippen LogP contribution in [-0.2, 0) is 0 Å². The van der Waals surface area contributed by atoms with E-state index in [1.807, 2.05) is 0 Å². The standard InChI is InChI=1S/C11H11F2NO3/c1-14(2)5-8(15)9-6(12)3-4-7(13)10(9)11(16)17/h3-4H,5H2,1-2H3,(H,16,17). The zero-order chi connectivity index (χ0) is 13.2. The summed E-state index contributed by atoms with van der Waals surface area (Å²) in [7, 11) is 3.13. The van der Waals surface area contributed by atoms with Crippen molar-refractivity contribution < 1.29 is 23.5 Å². The third-order valence-corrected chi connectivity index (χ3v) is 2.06. The molecule has 0 aromatic heterocycles. The van der Waals surface area contributed by atoms with Gasteiger partial charge in [0.2, 0.25) is 0 Å². The second-order valence-electron chi connectivity index (χ2n) is 3.75. The van der Waals surface area contributed by atoms with E-state index in [4.69, 9.17) is 5.11 Å².